The van der Waals surface area contributed by atoms with Crippen LogP contribution in [0.4, 0.5) is 16.6 Å². The van der Waals surface area contributed by atoms with E-state index >= 15 is 0 Å². The van der Waals surface area contributed by atoms with Crippen LogP contribution in [0.2, 0.25) is 5.02 Å². The lowest BCUT2D eigenvalue weighted by atomic mass is 9.85. The Balaban J connectivity index is 1.09. The van der Waals surface area contributed by atoms with Crippen molar-refractivity contribution in [2.45, 2.75) is 90.0 Å². The summed E-state index contributed by atoms with van der Waals surface area (Å²) in [5.74, 6) is 2.12. The number of anilines is 2. The Hall–Kier alpha value is -4.61. The summed E-state index contributed by atoms with van der Waals surface area (Å²) in [6.07, 6.45) is 6.77. The number of carbonyl (C=O) groups excluding carboxylic acids is 1. The molecule has 0 unspecified atom stereocenters. The van der Waals surface area contributed by atoms with E-state index in [0.29, 0.717) is 34.6 Å². The molecule has 5 aromatic rings. The lowest BCUT2D eigenvalue weighted by molar-refractivity contribution is 0.171. The third-order valence-electron chi connectivity index (χ3n) is 9.60. The number of urea groups is 1. The molecule has 1 aliphatic carbocycles. The third-order valence-corrected chi connectivity index (χ3v) is 9.97. The largest absolute Gasteiger partial charge is 0.484 e. The SMILES string of the molecule is C[C@H]1CCCCN1c1nnc2ccc(O[C@@H]3CC[C@H](NC(=O)Nc4cc(C(C)(C)C)nn4-c4ccc(Cl)c(CO)c4)c4ccccc43)cn12. The highest BCUT2D eigenvalue weighted by molar-refractivity contribution is 6.31. The van der Waals surface area contributed by atoms with Crippen LogP contribution < -0.4 is 20.3 Å². The van der Waals surface area contributed by atoms with Gasteiger partial charge in [-0.2, -0.15) is 5.10 Å². The number of carbonyl (C=O) groups is 1. The Bertz CT molecular complexity index is 1980. The molecule has 49 heavy (non-hydrogen) atoms. The molecule has 0 spiro atoms. The molecule has 0 bridgehead atoms. The highest BCUT2D eigenvalue weighted by Crippen LogP contribution is 2.39. The van der Waals surface area contributed by atoms with Crippen molar-refractivity contribution in [3.63, 3.8) is 0 Å². The molecule has 1 fully saturated rings. The first kappa shape index (κ1) is 32.9. The molecule has 3 aromatic heterocycles. The zero-order chi connectivity index (χ0) is 34.3. The number of nitrogens with zero attached hydrogens (tertiary/aromatic N) is 6. The van der Waals surface area contributed by atoms with Gasteiger partial charge in [-0.3, -0.25) is 9.72 Å². The van der Waals surface area contributed by atoms with Gasteiger partial charge in [0, 0.05) is 29.1 Å². The molecule has 3 atom stereocenters. The van der Waals surface area contributed by atoms with Crippen molar-refractivity contribution in [3.8, 4) is 11.4 Å². The Labute approximate surface area is 291 Å². The molecule has 1 aliphatic heterocycles. The zero-order valence-corrected chi connectivity index (χ0v) is 29.1. The van der Waals surface area contributed by atoms with Crippen LogP contribution in [0.15, 0.2) is 66.9 Å². The van der Waals surface area contributed by atoms with E-state index in [1.807, 2.05) is 47.0 Å². The summed E-state index contributed by atoms with van der Waals surface area (Å²) in [6.45, 7) is 9.22. The standard InChI is InChI=1S/C37H43ClN8O3/c1-23-9-7-8-18-44(23)36-42-41-33-17-13-26(21-45(33)36)49-31-16-15-30(27-10-5-6-11-28(27)31)39-35(48)40-34-20-32(37(2,3)4)43-46(34)25-12-14-29(38)24(19-25)22-47/h5-6,10-14,17,19-21,23,30-31,47H,7-9,15-16,18,22H2,1-4H3,(H2,39,40,48)/t23-,30-,31+/m0/s1. The van der Waals surface area contributed by atoms with Crippen molar-refractivity contribution >= 4 is 35.0 Å². The fourth-order valence-electron chi connectivity index (χ4n) is 6.87. The number of hydrogen-bond donors (Lipinski definition) is 3. The number of benzene rings is 2. The molecule has 2 aliphatic rings. The number of aliphatic hydroxyl groups is 1. The second-order valence-electron chi connectivity index (χ2n) is 14.1. The summed E-state index contributed by atoms with van der Waals surface area (Å²) in [5, 5.41) is 30.3. The van der Waals surface area contributed by atoms with Crippen LogP contribution >= 0.6 is 11.6 Å². The Morgan fingerprint density at radius 1 is 1.02 bits per heavy atom. The lowest BCUT2D eigenvalue weighted by Crippen LogP contribution is -2.38. The monoisotopic (exact) mass is 682 g/mol. The molecule has 0 saturated carbocycles. The smallest absolute Gasteiger partial charge is 0.320 e. The van der Waals surface area contributed by atoms with Gasteiger partial charge in [-0.1, -0.05) is 56.6 Å². The molecule has 1 saturated heterocycles. The number of hydrogen-bond acceptors (Lipinski definition) is 7. The molecule has 4 heterocycles. The number of piperidine rings is 1. The van der Waals surface area contributed by atoms with E-state index in [-0.39, 0.29) is 30.2 Å². The van der Waals surface area contributed by atoms with Crippen LogP contribution in [-0.2, 0) is 12.0 Å². The van der Waals surface area contributed by atoms with Gasteiger partial charge in [0.2, 0.25) is 5.95 Å². The van der Waals surface area contributed by atoms with Gasteiger partial charge in [0.15, 0.2) is 5.65 Å². The van der Waals surface area contributed by atoms with E-state index in [9.17, 15) is 9.90 Å². The number of ether oxygens (including phenoxy) is 1. The Morgan fingerprint density at radius 2 is 1.84 bits per heavy atom. The first-order valence-corrected chi connectivity index (χ1v) is 17.4. The lowest BCUT2D eigenvalue weighted by Gasteiger charge is -2.33. The number of amides is 2. The van der Waals surface area contributed by atoms with Crippen molar-refractivity contribution < 1.29 is 14.6 Å². The molecule has 2 aromatic carbocycles. The maximum absolute atomic E-state index is 13.6. The third kappa shape index (κ3) is 6.69. The van der Waals surface area contributed by atoms with Crippen LogP contribution in [0.25, 0.3) is 11.3 Å². The van der Waals surface area contributed by atoms with Gasteiger partial charge < -0.3 is 20.1 Å². The van der Waals surface area contributed by atoms with E-state index in [1.165, 1.54) is 6.42 Å². The Morgan fingerprint density at radius 3 is 2.61 bits per heavy atom. The molecular formula is C37H43ClN8O3. The number of halogens is 1. The molecule has 3 N–H and O–H groups in total. The molecule has 11 nitrogen and oxygen atoms in total. The zero-order valence-electron chi connectivity index (χ0n) is 28.4. The van der Waals surface area contributed by atoms with Crippen molar-refractivity contribution in [3.05, 3.63) is 94.3 Å². The summed E-state index contributed by atoms with van der Waals surface area (Å²) < 4.78 is 10.4. The first-order valence-electron chi connectivity index (χ1n) is 17.0. The van der Waals surface area contributed by atoms with Crippen molar-refractivity contribution in [2.75, 3.05) is 16.8 Å². The minimum atomic E-state index is -0.338. The summed E-state index contributed by atoms with van der Waals surface area (Å²) in [7, 11) is 0. The van der Waals surface area contributed by atoms with Gasteiger partial charge in [0.25, 0.3) is 0 Å². The van der Waals surface area contributed by atoms with Crippen LogP contribution in [0.3, 0.4) is 0 Å². The number of pyridine rings is 1. The van der Waals surface area contributed by atoms with E-state index in [0.717, 1.165) is 60.0 Å². The number of aliphatic hydroxyl groups excluding tert-OH is 1. The highest BCUT2D eigenvalue weighted by Gasteiger charge is 2.31. The van der Waals surface area contributed by atoms with Gasteiger partial charge in [0.1, 0.15) is 17.7 Å². The van der Waals surface area contributed by atoms with Crippen LogP contribution in [-0.4, -0.2) is 48.1 Å². The summed E-state index contributed by atoms with van der Waals surface area (Å²) in [5.41, 5.74) is 4.69. The van der Waals surface area contributed by atoms with Crippen molar-refractivity contribution in [2.24, 2.45) is 0 Å². The van der Waals surface area contributed by atoms with Gasteiger partial charge >= 0.3 is 6.03 Å². The fraction of sp³-hybridized carbons (Fsp3) is 0.405. The average molecular weight is 683 g/mol. The minimum Gasteiger partial charge on any atom is -0.484 e. The van der Waals surface area contributed by atoms with Gasteiger partial charge in [-0.05, 0) is 86.1 Å². The molecule has 2 amide bonds. The summed E-state index contributed by atoms with van der Waals surface area (Å²) >= 11 is 6.26. The topological polar surface area (TPSA) is 122 Å². The predicted octanol–water partition coefficient (Wildman–Crippen LogP) is 7.51. The quantitative estimate of drug-likeness (QED) is 0.162. The van der Waals surface area contributed by atoms with Gasteiger partial charge in [-0.15, -0.1) is 10.2 Å². The van der Waals surface area contributed by atoms with Crippen LogP contribution in [0, 0.1) is 0 Å². The molecule has 12 heteroatoms. The number of aromatic nitrogens is 5. The van der Waals surface area contributed by atoms with Crippen molar-refractivity contribution in [1.82, 2.24) is 29.7 Å². The maximum atomic E-state index is 13.6. The number of nitrogens with one attached hydrogen (secondary N) is 2. The van der Waals surface area contributed by atoms with Gasteiger partial charge in [-0.25, -0.2) is 9.48 Å². The summed E-state index contributed by atoms with van der Waals surface area (Å²) in [4.78, 5) is 15.9. The maximum Gasteiger partial charge on any atom is 0.320 e. The number of fused-ring (bicyclic) bond motifs is 2. The number of rotatable bonds is 7. The summed E-state index contributed by atoms with van der Waals surface area (Å²) in [6, 6.07) is 19.1. The van der Waals surface area contributed by atoms with E-state index in [1.54, 1.807) is 16.8 Å². The first-order chi connectivity index (χ1) is 23.6. The van der Waals surface area contributed by atoms with E-state index < -0.39 is 0 Å². The van der Waals surface area contributed by atoms with Gasteiger partial charge in [0.05, 0.1) is 30.2 Å². The molecular weight excluding hydrogens is 640 g/mol. The molecule has 7 rings (SSSR count). The Kier molecular flexibility index (Phi) is 8.97. The van der Waals surface area contributed by atoms with E-state index in [2.05, 4.69) is 65.6 Å². The molecule has 0 radical (unpaired) electrons. The normalized spacial score (nSPS) is 19.5. The average Bonchev–Trinajstić information content (AvgIpc) is 3.71. The minimum absolute atomic E-state index is 0.176. The fourth-order valence-corrected chi connectivity index (χ4v) is 7.04. The predicted molar refractivity (Wildman–Crippen MR) is 191 cm³/mol. The van der Waals surface area contributed by atoms with Crippen LogP contribution in [0.5, 0.6) is 5.75 Å². The second kappa shape index (κ2) is 13.4. The van der Waals surface area contributed by atoms with Crippen LogP contribution in [0.1, 0.15) is 94.3 Å². The second-order valence-corrected chi connectivity index (χ2v) is 14.5. The van der Waals surface area contributed by atoms with E-state index in [4.69, 9.17) is 21.4 Å². The highest BCUT2D eigenvalue weighted by atomic mass is 35.5. The molecule has 256 valence electrons. The van der Waals surface area contributed by atoms with Crippen molar-refractivity contribution in [1.29, 1.82) is 0 Å².